The van der Waals surface area contributed by atoms with Gasteiger partial charge < -0.3 is 20.8 Å². The van der Waals surface area contributed by atoms with Crippen molar-refractivity contribution in [3.05, 3.63) is 70.7 Å². The van der Waals surface area contributed by atoms with Gasteiger partial charge in [0.25, 0.3) is 0 Å². The second kappa shape index (κ2) is 11.7. The van der Waals surface area contributed by atoms with Gasteiger partial charge in [0.1, 0.15) is 5.60 Å². The summed E-state index contributed by atoms with van der Waals surface area (Å²) in [5, 5.41) is 26.8. The van der Waals surface area contributed by atoms with Crippen molar-refractivity contribution >= 4 is 10.0 Å². The third-order valence-electron chi connectivity index (χ3n) is 8.15. The number of piperidine rings is 1. The molecule has 1 atom stereocenters. The number of likely N-dealkylation sites (tertiary alicyclic amines) is 1. The molecule has 0 radical (unpaired) electrons. The first kappa shape index (κ1) is 30.6. The predicted octanol–water partition coefficient (Wildman–Crippen LogP) is 2.08. The molecule has 0 saturated carbocycles. The van der Waals surface area contributed by atoms with Crippen LogP contribution in [0.4, 0.5) is 13.2 Å². The van der Waals surface area contributed by atoms with E-state index in [2.05, 4.69) is 15.0 Å². The fourth-order valence-corrected chi connectivity index (χ4v) is 6.66. The van der Waals surface area contributed by atoms with E-state index in [1.807, 2.05) is 6.07 Å². The molecule has 14 heteroatoms. The number of alkyl halides is 3. The highest BCUT2D eigenvalue weighted by atomic mass is 32.2. The van der Waals surface area contributed by atoms with Gasteiger partial charge in [0, 0.05) is 68.7 Å². The molecule has 4 heterocycles. The Morgan fingerprint density at radius 3 is 2.48 bits per heavy atom. The number of sulfonamides is 1. The molecule has 3 aromatic rings. The van der Waals surface area contributed by atoms with Gasteiger partial charge in [0.2, 0.25) is 10.0 Å². The molecule has 5 rings (SSSR count). The van der Waals surface area contributed by atoms with Gasteiger partial charge in [-0.2, -0.15) is 22.6 Å². The van der Waals surface area contributed by atoms with Crippen LogP contribution in [0.3, 0.4) is 0 Å². The van der Waals surface area contributed by atoms with E-state index in [1.165, 1.54) is 16.4 Å². The first-order valence-corrected chi connectivity index (χ1v) is 15.6. The maximum absolute atomic E-state index is 13.5. The van der Waals surface area contributed by atoms with Gasteiger partial charge in [-0.25, -0.2) is 8.42 Å². The van der Waals surface area contributed by atoms with Crippen LogP contribution in [0.5, 0.6) is 0 Å². The second-order valence-corrected chi connectivity index (χ2v) is 13.1. The molecule has 1 aromatic carbocycles. The Morgan fingerprint density at radius 2 is 1.86 bits per heavy atom. The molecule has 0 bridgehead atoms. The van der Waals surface area contributed by atoms with Crippen molar-refractivity contribution in [2.24, 2.45) is 5.73 Å². The summed E-state index contributed by atoms with van der Waals surface area (Å²) < 4.78 is 68.1. The molecule has 0 aliphatic carbocycles. The standard InChI is InChI=1S/C28H35F3N6O4S/c1-42(40,41)36-11-7-24-22(18-36)26(19-5-6-23(28(29,30)31)20(14-19)15-32)34-37(24)17-21(38)16-35-12-8-27(39,9-13-35)25-4-2-3-10-33-25/h2-6,10,14,21,38-39H,7-9,11-13,15-18,32H2,1H3. The molecule has 1 fully saturated rings. The van der Waals surface area contributed by atoms with Gasteiger partial charge in [-0.15, -0.1) is 0 Å². The summed E-state index contributed by atoms with van der Waals surface area (Å²) in [5.41, 5.74) is 6.44. The van der Waals surface area contributed by atoms with Crippen molar-refractivity contribution in [1.82, 2.24) is 24.0 Å². The number of halogens is 3. The number of hydrogen-bond acceptors (Lipinski definition) is 8. The molecule has 228 valence electrons. The maximum atomic E-state index is 13.5. The number of aliphatic hydroxyl groups is 2. The molecule has 2 aliphatic heterocycles. The van der Waals surface area contributed by atoms with Gasteiger partial charge in [0.15, 0.2) is 0 Å². The van der Waals surface area contributed by atoms with E-state index in [0.29, 0.717) is 61.4 Å². The number of aliphatic hydroxyl groups excluding tert-OH is 1. The van der Waals surface area contributed by atoms with Crippen molar-refractivity contribution in [3.63, 3.8) is 0 Å². The Morgan fingerprint density at radius 1 is 1.12 bits per heavy atom. The van der Waals surface area contributed by atoms with Crippen LogP contribution in [0.25, 0.3) is 11.3 Å². The summed E-state index contributed by atoms with van der Waals surface area (Å²) in [7, 11) is -3.52. The lowest BCUT2D eigenvalue weighted by Crippen LogP contribution is -2.46. The Hall–Kier alpha value is -2.88. The molecule has 42 heavy (non-hydrogen) atoms. The third-order valence-corrected chi connectivity index (χ3v) is 9.40. The zero-order valence-corrected chi connectivity index (χ0v) is 24.1. The second-order valence-electron chi connectivity index (χ2n) is 11.1. The van der Waals surface area contributed by atoms with Crippen molar-refractivity contribution in [3.8, 4) is 11.3 Å². The number of fused-ring (bicyclic) bond motifs is 1. The van der Waals surface area contributed by atoms with Crippen LogP contribution in [0, 0.1) is 0 Å². The summed E-state index contributed by atoms with van der Waals surface area (Å²) in [6, 6.07) is 9.08. The number of pyridine rings is 1. The SMILES string of the molecule is CS(=O)(=O)N1CCc2c(c(-c3ccc(C(F)(F)F)c(CN)c3)nn2CC(O)CN2CCC(O)(c3ccccn3)CC2)C1. The fraction of sp³-hybridized carbons (Fsp3) is 0.500. The van der Waals surface area contributed by atoms with Gasteiger partial charge >= 0.3 is 6.18 Å². The summed E-state index contributed by atoms with van der Waals surface area (Å²) >= 11 is 0. The molecule has 1 saturated heterocycles. The van der Waals surface area contributed by atoms with Crippen molar-refractivity contribution in [2.75, 3.05) is 32.4 Å². The molecule has 2 aliphatic rings. The lowest BCUT2D eigenvalue weighted by Gasteiger charge is -2.38. The average Bonchev–Trinajstić information content (AvgIpc) is 3.31. The topological polar surface area (TPSA) is 138 Å². The van der Waals surface area contributed by atoms with E-state index in [9.17, 15) is 31.8 Å². The van der Waals surface area contributed by atoms with Gasteiger partial charge in [-0.1, -0.05) is 12.1 Å². The number of benzene rings is 1. The van der Waals surface area contributed by atoms with Crippen molar-refractivity contribution in [2.45, 2.75) is 56.8 Å². The van der Waals surface area contributed by atoms with Crippen LogP contribution in [-0.4, -0.2) is 81.1 Å². The molecule has 0 spiro atoms. The summed E-state index contributed by atoms with van der Waals surface area (Å²) in [6.45, 7) is 1.49. The summed E-state index contributed by atoms with van der Waals surface area (Å²) in [5.74, 6) is 0. The summed E-state index contributed by atoms with van der Waals surface area (Å²) in [6.07, 6.45) is -1.35. The molecule has 2 aromatic heterocycles. The van der Waals surface area contributed by atoms with E-state index < -0.39 is 33.5 Å². The smallest absolute Gasteiger partial charge is 0.390 e. The van der Waals surface area contributed by atoms with Crippen LogP contribution < -0.4 is 5.73 Å². The molecule has 4 N–H and O–H groups in total. The highest BCUT2D eigenvalue weighted by Gasteiger charge is 2.37. The van der Waals surface area contributed by atoms with E-state index in [1.54, 1.807) is 23.0 Å². The van der Waals surface area contributed by atoms with Gasteiger partial charge in [0.05, 0.1) is 35.9 Å². The van der Waals surface area contributed by atoms with Crippen LogP contribution in [0.15, 0.2) is 42.6 Å². The van der Waals surface area contributed by atoms with E-state index in [4.69, 9.17) is 5.73 Å². The molecule has 0 amide bonds. The maximum Gasteiger partial charge on any atom is 0.416 e. The van der Waals surface area contributed by atoms with E-state index in [0.717, 1.165) is 18.0 Å². The number of hydrogen-bond donors (Lipinski definition) is 3. The minimum Gasteiger partial charge on any atom is -0.390 e. The van der Waals surface area contributed by atoms with E-state index in [-0.39, 0.29) is 31.7 Å². The highest BCUT2D eigenvalue weighted by Crippen LogP contribution is 2.37. The van der Waals surface area contributed by atoms with Crippen LogP contribution in [0.2, 0.25) is 0 Å². The molecule has 1 unspecified atom stereocenters. The van der Waals surface area contributed by atoms with Crippen molar-refractivity contribution in [1.29, 1.82) is 0 Å². The Bertz CT molecular complexity index is 1520. The monoisotopic (exact) mass is 608 g/mol. The molecule has 10 nitrogen and oxygen atoms in total. The average molecular weight is 609 g/mol. The van der Waals surface area contributed by atoms with Gasteiger partial charge in [-0.05, 0) is 42.7 Å². The Labute approximate surface area is 242 Å². The normalized spacial score (nSPS) is 19.0. The summed E-state index contributed by atoms with van der Waals surface area (Å²) in [4.78, 5) is 6.36. The van der Waals surface area contributed by atoms with E-state index >= 15 is 0 Å². The lowest BCUT2D eigenvalue weighted by molar-refractivity contribution is -0.138. The zero-order valence-electron chi connectivity index (χ0n) is 23.3. The predicted molar refractivity (Wildman–Crippen MR) is 149 cm³/mol. The van der Waals surface area contributed by atoms with Crippen molar-refractivity contribution < 1.29 is 31.8 Å². The number of nitrogens with zero attached hydrogens (tertiary/aromatic N) is 5. The quantitative estimate of drug-likeness (QED) is 0.354. The molecular formula is C28H35F3N6O4S. The molecular weight excluding hydrogens is 573 g/mol. The first-order valence-electron chi connectivity index (χ1n) is 13.8. The fourth-order valence-electron chi connectivity index (χ4n) is 5.87. The lowest BCUT2D eigenvalue weighted by atomic mass is 9.87. The van der Waals surface area contributed by atoms with Crippen LogP contribution in [0.1, 0.15) is 40.9 Å². The zero-order chi connectivity index (χ0) is 30.3. The highest BCUT2D eigenvalue weighted by molar-refractivity contribution is 7.88. The first-order chi connectivity index (χ1) is 19.8. The Balaban J connectivity index is 1.37. The van der Waals surface area contributed by atoms with Gasteiger partial charge in [-0.3, -0.25) is 9.67 Å². The number of β-amino-alcohol motifs (C(OH)–C–C–N with tert-alkyl or cyclic N) is 1. The number of rotatable bonds is 8. The Kier molecular flexibility index (Phi) is 8.49. The minimum absolute atomic E-state index is 0.0246. The van der Waals surface area contributed by atoms with Crippen LogP contribution >= 0.6 is 0 Å². The number of aromatic nitrogens is 3. The third kappa shape index (κ3) is 6.38. The number of nitrogens with two attached hydrogens (primary N) is 1. The van der Waals surface area contributed by atoms with Crippen LogP contribution in [-0.2, 0) is 47.9 Å². The largest absolute Gasteiger partial charge is 0.416 e. The minimum atomic E-state index is -4.56.